The number of amides is 2. The van der Waals surface area contributed by atoms with Crippen LogP contribution in [0, 0.1) is 0 Å². The maximum Gasteiger partial charge on any atom is 0.315 e. The molecule has 0 aliphatic heterocycles. The monoisotopic (exact) mass is 357 g/mol. The summed E-state index contributed by atoms with van der Waals surface area (Å²) in [7, 11) is 0. The molecule has 2 N–H and O–H groups in total. The Morgan fingerprint density at radius 1 is 1.18 bits per heavy atom. The summed E-state index contributed by atoms with van der Waals surface area (Å²) < 4.78 is 0. The Morgan fingerprint density at radius 2 is 1.95 bits per heavy atom. The maximum atomic E-state index is 11.9. The lowest BCUT2D eigenvalue weighted by atomic mass is 10.1. The number of hydrogen-bond donors (Lipinski definition) is 2. The van der Waals surface area contributed by atoms with Crippen LogP contribution >= 0.6 is 34.8 Å². The largest absolute Gasteiger partial charge is 0.334 e. The van der Waals surface area contributed by atoms with Gasteiger partial charge in [0.05, 0.1) is 16.1 Å². The fourth-order valence-corrected chi connectivity index (χ4v) is 2.22. The molecule has 1 aromatic carbocycles. The molecule has 4 nitrogen and oxygen atoms in total. The minimum atomic E-state index is -0.284. The van der Waals surface area contributed by atoms with Crippen LogP contribution in [0.4, 0.5) is 4.79 Å². The van der Waals surface area contributed by atoms with Gasteiger partial charge in [0.1, 0.15) is 5.15 Å². The predicted octanol–water partition coefficient (Wildman–Crippen LogP) is 4.60. The van der Waals surface area contributed by atoms with E-state index in [2.05, 4.69) is 15.6 Å². The number of rotatable bonds is 4. The molecule has 0 saturated heterocycles. The third-order valence-corrected chi connectivity index (χ3v) is 4.00. The number of hydrogen-bond acceptors (Lipinski definition) is 2. The van der Waals surface area contributed by atoms with Crippen LogP contribution < -0.4 is 10.6 Å². The minimum Gasteiger partial charge on any atom is -0.334 e. The third kappa shape index (κ3) is 4.77. The van der Waals surface area contributed by atoms with Crippen molar-refractivity contribution in [3.8, 4) is 0 Å². The molecule has 0 bridgehead atoms. The van der Waals surface area contributed by atoms with Crippen molar-refractivity contribution >= 4 is 40.8 Å². The van der Waals surface area contributed by atoms with E-state index in [0.29, 0.717) is 21.7 Å². The topological polar surface area (TPSA) is 54.0 Å². The summed E-state index contributed by atoms with van der Waals surface area (Å²) in [6, 6.07) is 8.26. The molecule has 1 atom stereocenters. The van der Waals surface area contributed by atoms with Gasteiger partial charge in [0.15, 0.2) is 0 Å². The molecule has 1 heterocycles. The first kappa shape index (κ1) is 16.9. The summed E-state index contributed by atoms with van der Waals surface area (Å²) in [5.41, 5.74) is 1.74. The average Bonchev–Trinajstić information content (AvgIpc) is 2.49. The molecule has 0 saturated carbocycles. The molecular weight excluding hydrogens is 345 g/mol. The van der Waals surface area contributed by atoms with Gasteiger partial charge < -0.3 is 10.6 Å². The zero-order chi connectivity index (χ0) is 16.1. The maximum absolute atomic E-state index is 11.9. The highest BCUT2D eigenvalue weighted by Crippen LogP contribution is 2.25. The summed E-state index contributed by atoms with van der Waals surface area (Å²) in [5, 5.41) is 6.94. The van der Waals surface area contributed by atoms with Crippen LogP contribution in [0.25, 0.3) is 0 Å². The highest BCUT2D eigenvalue weighted by Gasteiger charge is 2.10. The van der Waals surface area contributed by atoms with Crippen LogP contribution in [-0.4, -0.2) is 11.0 Å². The van der Waals surface area contributed by atoms with Crippen molar-refractivity contribution in [2.45, 2.75) is 19.5 Å². The molecule has 0 radical (unpaired) electrons. The number of pyridine rings is 1. The highest BCUT2D eigenvalue weighted by molar-refractivity contribution is 6.42. The first-order valence-electron chi connectivity index (χ1n) is 6.55. The lowest BCUT2D eigenvalue weighted by Gasteiger charge is -2.15. The number of nitrogens with one attached hydrogen (secondary N) is 2. The van der Waals surface area contributed by atoms with Crippen LogP contribution in [0.15, 0.2) is 36.5 Å². The fraction of sp³-hybridized carbons (Fsp3) is 0.200. The van der Waals surface area contributed by atoms with Gasteiger partial charge >= 0.3 is 6.03 Å². The average molecular weight is 359 g/mol. The van der Waals surface area contributed by atoms with Gasteiger partial charge in [0.2, 0.25) is 0 Å². The second-order valence-corrected chi connectivity index (χ2v) is 5.91. The molecule has 7 heteroatoms. The number of carbonyl (C=O) groups is 1. The van der Waals surface area contributed by atoms with E-state index in [1.807, 2.05) is 13.0 Å². The normalized spacial score (nSPS) is 11.8. The van der Waals surface area contributed by atoms with E-state index in [0.717, 1.165) is 11.1 Å². The van der Waals surface area contributed by atoms with Crippen molar-refractivity contribution in [1.29, 1.82) is 0 Å². The van der Waals surface area contributed by atoms with Crippen molar-refractivity contribution in [1.82, 2.24) is 15.6 Å². The molecule has 0 aliphatic rings. The van der Waals surface area contributed by atoms with Crippen LogP contribution in [0.3, 0.4) is 0 Å². The van der Waals surface area contributed by atoms with Crippen molar-refractivity contribution in [2.75, 3.05) is 0 Å². The zero-order valence-electron chi connectivity index (χ0n) is 11.7. The van der Waals surface area contributed by atoms with Crippen molar-refractivity contribution < 1.29 is 4.79 Å². The van der Waals surface area contributed by atoms with Gasteiger partial charge in [0, 0.05) is 12.7 Å². The van der Waals surface area contributed by atoms with Gasteiger partial charge in [-0.25, -0.2) is 9.78 Å². The summed E-state index contributed by atoms with van der Waals surface area (Å²) >= 11 is 17.5. The molecular formula is C15H14Cl3N3O. The Balaban J connectivity index is 1.88. The standard InChI is InChI=1S/C15H14Cl3N3O/c1-9(11-3-4-12(16)13(17)6-11)21-15(22)20-8-10-2-5-14(18)19-7-10/h2-7,9H,8H2,1H3,(H2,20,21,22). The van der Waals surface area contributed by atoms with Crippen LogP contribution in [-0.2, 0) is 6.54 Å². The number of nitrogens with zero attached hydrogens (tertiary/aromatic N) is 1. The second kappa shape index (κ2) is 7.68. The third-order valence-electron chi connectivity index (χ3n) is 3.03. The molecule has 22 heavy (non-hydrogen) atoms. The van der Waals surface area contributed by atoms with Gasteiger partial charge in [-0.05, 0) is 36.2 Å². The van der Waals surface area contributed by atoms with Gasteiger partial charge in [-0.1, -0.05) is 46.9 Å². The molecule has 0 aliphatic carbocycles. The molecule has 1 unspecified atom stereocenters. The molecule has 1 aromatic heterocycles. The highest BCUT2D eigenvalue weighted by atomic mass is 35.5. The molecule has 116 valence electrons. The van der Waals surface area contributed by atoms with Gasteiger partial charge in [-0.3, -0.25) is 0 Å². The lowest BCUT2D eigenvalue weighted by molar-refractivity contribution is 0.237. The molecule has 2 amide bonds. The van der Waals surface area contributed by atoms with Gasteiger partial charge in [-0.15, -0.1) is 0 Å². The first-order chi connectivity index (χ1) is 10.5. The second-order valence-electron chi connectivity index (χ2n) is 4.71. The Labute approximate surface area is 143 Å². The SMILES string of the molecule is CC(NC(=O)NCc1ccc(Cl)nc1)c1ccc(Cl)c(Cl)c1. The minimum absolute atomic E-state index is 0.196. The Morgan fingerprint density at radius 3 is 2.59 bits per heavy atom. The van der Waals surface area contributed by atoms with E-state index in [1.165, 1.54) is 0 Å². The summed E-state index contributed by atoms with van der Waals surface area (Å²) in [6.07, 6.45) is 1.62. The van der Waals surface area contributed by atoms with E-state index in [4.69, 9.17) is 34.8 Å². The Bertz CT molecular complexity index is 662. The number of halogens is 3. The summed E-state index contributed by atoms with van der Waals surface area (Å²) in [6.45, 7) is 2.23. The predicted molar refractivity (Wildman–Crippen MR) is 89.5 cm³/mol. The van der Waals surface area contributed by atoms with E-state index < -0.39 is 0 Å². The number of urea groups is 1. The van der Waals surface area contributed by atoms with E-state index in [9.17, 15) is 4.79 Å². The lowest BCUT2D eigenvalue weighted by Crippen LogP contribution is -2.36. The van der Waals surface area contributed by atoms with Crippen LogP contribution in [0.1, 0.15) is 24.1 Å². The smallest absolute Gasteiger partial charge is 0.315 e. The van der Waals surface area contributed by atoms with Gasteiger partial charge in [-0.2, -0.15) is 0 Å². The van der Waals surface area contributed by atoms with Crippen LogP contribution in [0.2, 0.25) is 15.2 Å². The van der Waals surface area contributed by atoms with E-state index in [-0.39, 0.29) is 12.1 Å². The number of benzene rings is 1. The quantitative estimate of drug-likeness (QED) is 0.785. The fourth-order valence-electron chi connectivity index (χ4n) is 1.81. The zero-order valence-corrected chi connectivity index (χ0v) is 14.0. The van der Waals surface area contributed by atoms with Crippen molar-refractivity contribution in [2.24, 2.45) is 0 Å². The van der Waals surface area contributed by atoms with E-state index in [1.54, 1.807) is 30.5 Å². The Kier molecular flexibility index (Phi) is 5.89. The van der Waals surface area contributed by atoms with Crippen LogP contribution in [0.5, 0.6) is 0 Å². The van der Waals surface area contributed by atoms with Crippen molar-refractivity contribution in [3.05, 3.63) is 62.9 Å². The number of carbonyl (C=O) groups excluding carboxylic acids is 1. The number of aromatic nitrogens is 1. The Hall–Kier alpha value is -1.49. The molecule has 0 spiro atoms. The summed E-state index contributed by atoms with van der Waals surface area (Å²) in [5.74, 6) is 0. The molecule has 0 fully saturated rings. The molecule has 2 aromatic rings. The van der Waals surface area contributed by atoms with Gasteiger partial charge in [0.25, 0.3) is 0 Å². The van der Waals surface area contributed by atoms with Crippen molar-refractivity contribution in [3.63, 3.8) is 0 Å². The molecule has 2 rings (SSSR count). The van der Waals surface area contributed by atoms with E-state index >= 15 is 0 Å². The summed E-state index contributed by atoms with van der Waals surface area (Å²) in [4.78, 5) is 15.8. The first-order valence-corrected chi connectivity index (χ1v) is 7.69.